The van der Waals surface area contributed by atoms with Crippen LogP contribution in [0.1, 0.15) is 0 Å². The normalized spacial score (nSPS) is 15.9. The molecule has 0 radical (unpaired) electrons. The van der Waals surface area contributed by atoms with E-state index in [-0.39, 0.29) is 25.1 Å². The summed E-state index contributed by atoms with van der Waals surface area (Å²) < 4.78 is 24.5. The number of rotatable bonds is 4. The van der Waals surface area contributed by atoms with Gasteiger partial charge >= 0.3 is 0 Å². The van der Waals surface area contributed by atoms with Gasteiger partial charge in [0.05, 0.1) is 12.2 Å². The van der Waals surface area contributed by atoms with Crippen molar-refractivity contribution < 1.29 is 18.7 Å². The molecule has 0 spiro atoms. The first kappa shape index (κ1) is 16.5. The molecular formula is C19H20FN3O3. The molecule has 26 heavy (non-hydrogen) atoms. The van der Waals surface area contributed by atoms with E-state index < -0.39 is 0 Å². The number of carbonyl (C=O) groups excluding carboxylic acids is 1. The summed E-state index contributed by atoms with van der Waals surface area (Å²) in [6, 6.07) is 12.2. The Hall–Kier alpha value is -2.96. The van der Waals surface area contributed by atoms with Gasteiger partial charge in [0.1, 0.15) is 5.82 Å². The van der Waals surface area contributed by atoms with Crippen molar-refractivity contribution in [2.45, 2.75) is 0 Å². The Kier molecular flexibility index (Phi) is 4.51. The Morgan fingerprint density at radius 2 is 1.81 bits per heavy atom. The number of fused-ring (bicyclic) bond motifs is 1. The van der Waals surface area contributed by atoms with Gasteiger partial charge in [-0.25, -0.2) is 4.39 Å². The number of para-hydroxylation sites is 1. The van der Waals surface area contributed by atoms with E-state index in [2.05, 4.69) is 5.32 Å². The lowest BCUT2D eigenvalue weighted by atomic mass is 10.2. The van der Waals surface area contributed by atoms with E-state index in [0.29, 0.717) is 43.4 Å². The van der Waals surface area contributed by atoms with E-state index in [1.165, 1.54) is 6.07 Å². The van der Waals surface area contributed by atoms with Crippen molar-refractivity contribution in [1.82, 2.24) is 4.90 Å². The summed E-state index contributed by atoms with van der Waals surface area (Å²) in [5.41, 5.74) is 1.41. The third kappa shape index (κ3) is 3.37. The summed E-state index contributed by atoms with van der Waals surface area (Å²) in [5, 5.41) is 3.12. The van der Waals surface area contributed by atoms with Gasteiger partial charge in [-0.3, -0.25) is 4.79 Å². The Bertz CT molecular complexity index is 806. The number of ether oxygens (including phenoxy) is 2. The third-order valence-corrected chi connectivity index (χ3v) is 4.64. The van der Waals surface area contributed by atoms with Crippen molar-refractivity contribution in [3.05, 3.63) is 48.3 Å². The van der Waals surface area contributed by atoms with Gasteiger partial charge in [0.2, 0.25) is 12.7 Å². The van der Waals surface area contributed by atoms with Gasteiger partial charge in [0, 0.05) is 37.9 Å². The van der Waals surface area contributed by atoms with Crippen LogP contribution in [0, 0.1) is 5.82 Å². The standard InChI is InChI=1S/C19H20FN3O3/c20-15-3-1-2-4-16(15)22-7-9-23(10-8-22)19(24)12-21-14-5-6-17-18(11-14)26-13-25-17/h1-6,11,21H,7-10,12-13H2. The van der Waals surface area contributed by atoms with Gasteiger partial charge in [0.15, 0.2) is 11.5 Å². The summed E-state index contributed by atoms with van der Waals surface area (Å²) in [6.07, 6.45) is 0. The molecule has 7 heteroatoms. The minimum absolute atomic E-state index is 0.0239. The maximum absolute atomic E-state index is 13.9. The smallest absolute Gasteiger partial charge is 0.241 e. The zero-order chi connectivity index (χ0) is 17.9. The molecule has 0 saturated carbocycles. The first-order valence-corrected chi connectivity index (χ1v) is 8.61. The second-order valence-corrected chi connectivity index (χ2v) is 6.24. The molecule has 0 aromatic heterocycles. The summed E-state index contributed by atoms with van der Waals surface area (Å²) >= 11 is 0. The van der Waals surface area contributed by atoms with E-state index in [4.69, 9.17) is 9.47 Å². The molecule has 1 amide bonds. The first-order chi connectivity index (χ1) is 12.7. The highest BCUT2D eigenvalue weighted by atomic mass is 19.1. The van der Waals surface area contributed by atoms with E-state index in [1.807, 2.05) is 29.2 Å². The largest absolute Gasteiger partial charge is 0.454 e. The summed E-state index contributed by atoms with van der Waals surface area (Å²) in [4.78, 5) is 16.2. The molecule has 0 bridgehead atoms. The lowest BCUT2D eigenvalue weighted by Gasteiger charge is -2.36. The summed E-state index contributed by atoms with van der Waals surface area (Å²) in [6.45, 7) is 2.84. The van der Waals surface area contributed by atoms with Crippen molar-refractivity contribution in [3.8, 4) is 11.5 Å². The highest BCUT2D eigenvalue weighted by molar-refractivity contribution is 5.81. The van der Waals surface area contributed by atoms with E-state index >= 15 is 0 Å². The molecule has 0 unspecified atom stereocenters. The molecule has 1 saturated heterocycles. The minimum Gasteiger partial charge on any atom is -0.454 e. The number of piperazine rings is 1. The molecule has 2 aliphatic heterocycles. The molecule has 136 valence electrons. The number of benzene rings is 2. The van der Waals surface area contributed by atoms with E-state index in [0.717, 1.165) is 5.69 Å². The summed E-state index contributed by atoms with van der Waals surface area (Å²) in [7, 11) is 0. The summed E-state index contributed by atoms with van der Waals surface area (Å²) in [5.74, 6) is 1.19. The van der Waals surface area contributed by atoms with Crippen molar-refractivity contribution in [1.29, 1.82) is 0 Å². The monoisotopic (exact) mass is 357 g/mol. The number of hydrogen-bond donors (Lipinski definition) is 1. The van der Waals surface area contributed by atoms with E-state index in [1.54, 1.807) is 17.0 Å². The second-order valence-electron chi connectivity index (χ2n) is 6.24. The maximum Gasteiger partial charge on any atom is 0.241 e. The molecule has 2 aromatic carbocycles. The van der Waals surface area contributed by atoms with Crippen molar-refractivity contribution in [2.24, 2.45) is 0 Å². The molecular weight excluding hydrogens is 337 g/mol. The number of halogens is 1. The maximum atomic E-state index is 13.9. The molecule has 1 N–H and O–H groups in total. The molecule has 2 aromatic rings. The van der Waals surface area contributed by atoms with Crippen LogP contribution < -0.4 is 19.7 Å². The van der Waals surface area contributed by atoms with Crippen molar-refractivity contribution in [3.63, 3.8) is 0 Å². The first-order valence-electron chi connectivity index (χ1n) is 8.61. The zero-order valence-electron chi connectivity index (χ0n) is 14.3. The number of nitrogens with zero attached hydrogens (tertiary/aromatic N) is 2. The van der Waals surface area contributed by atoms with Gasteiger partial charge in [-0.2, -0.15) is 0 Å². The van der Waals surface area contributed by atoms with Crippen LogP contribution in [0.2, 0.25) is 0 Å². The highest BCUT2D eigenvalue weighted by Crippen LogP contribution is 2.34. The fourth-order valence-corrected chi connectivity index (χ4v) is 3.20. The molecule has 1 fully saturated rings. The fraction of sp³-hybridized carbons (Fsp3) is 0.316. The Labute approximate surface area is 151 Å². The minimum atomic E-state index is -0.225. The second kappa shape index (κ2) is 7.11. The van der Waals surface area contributed by atoms with Crippen LogP contribution in [0.3, 0.4) is 0 Å². The molecule has 0 atom stereocenters. The lowest BCUT2D eigenvalue weighted by molar-refractivity contribution is -0.129. The van der Waals surface area contributed by atoms with Gasteiger partial charge in [-0.1, -0.05) is 12.1 Å². The number of amides is 1. The van der Waals surface area contributed by atoms with Gasteiger partial charge in [0.25, 0.3) is 0 Å². The zero-order valence-corrected chi connectivity index (χ0v) is 14.3. The fourth-order valence-electron chi connectivity index (χ4n) is 3.20. The topological polar surface area (TPSA) is 54.0 Å². The Morgan fingerprint density at radius 1 is 1.04 bits per heavy atom. The van der Waals surface area contributed by atoms with Gasteiger partial charge in [-0.15, -0.1) is 0 Å². The van der Waals surface area contributed by atoms with Crippen LogP contribution in [-0.4, -0.2) is 50.3 Å². The van der Waals surface area contributed by atoms with Crippen LogP contribution in [0.5, 0.6) is 11.5 Å². The van der Waals surface area contributed by atoms with Crippen molar-refractivity contribution >= 4 is 17.3 Å². The quantitative estimate of drug-likeness (QED) is 0.910. The highest BCUT2D eigenvalue weighted by Gasteiger charge is 2.22. The molecule has 4 rings (SSSR count). The van der Waals surface area contributed by atoms with Gasteiger partial charge in [-0.05, 0) is 24.3 Å². The SMILES string of the molecule is O=C(CNc1ccc2c(c1)OCO2)N1CCN(c2ccccc2F)CC1. The van der Waals surface area contributed by atoms with Crippen LogP contribution in [0.25, 0.3) is 0 Å². The predicted octanol–water partition coefficient (Wildman–Crippen LogP) is 2.32. The Balaban J connectivity index is 1.29. The average Bonchev–Trinajstić information content (AvgIpc) is 3.14. The molecule has 6 nitrogen and oxygen atoms in total. The van der Waals surface area contributed by atoms with E-state index in [9.17, 15) is 9.18 Å². The van der Waals surface area contributed by atoms with Crippen LogP contribution in [0.15, 0.2) is 42.5 Å². The third-order valence-electron chi connectivity index (χ3n) is 4.64. The lowest BCUT2D eigenvalue weighted by Crippen LogP contribution is -2.50. The number of carbonyl (C=O) groups is 1. The van der Waals surface area contributed by atoms with Crippen LogP contribution >= 0.6 is 0 Å². The number of anilines is 2. The predicted molar refractivity (Wildman–Crippen MR) is 96.2 cm³/mol. The molecule has 2 aliphatic rings. The Morgan fingerprint density at radius 3 is 2.62 bits per heavy atom. The van der Waals surface area contributed by atoms with Crippen molar-refractivity contribution in [2.75, 3.05) is 49.7 Å². The van der Waals surface area contributed by atoms with Crippen LogP contribution in [0.4, 0.5) is 15.8 Å². The number of hydrogen-bond acceptors (Lipinski definition) is 5. The number of nitrogens with one attached hydrogen (secondary N) is 1. The van der Waals surface area contributed by atoms with Crippen LogP contribution in [-0.2, 0) is 4.79 Å². The molecule has 2 heterocycles. The van der Waals surface area contributed by atoms with Gasteiger partial charge < -0.3 is 24.6 Å². The molecule has 0 aliphatic carbocycles. The average molecular weight is 357 g/mol.